The van der Waals surface area contributed by atoms with Gasteiger partial charge in [-0.15, -0.1) is 0 Å². The largest absolute Gasteiger partial charge is 0.474 e. The van der Waals surface area contributed by atoms with Crippen LogP contribution >= 0.6 is 0 Å². The Balaban J connectivity index is 1.29. The number of fused-ring (bicyclic) bond motifs is 2. The van der Waals surface area contributed by atoms with Gasteiger partial charge in [0.15, 0.2) is 6.17 Å². The minimum absolute atomic E-state index is 0.0588. The average molecular weight is 572 g/mol. The van der Waals surface area contributed by atoms with Crippen LogP contribution < -0.4 is 5.32 Å². The van der Waals surface area contributed by atoms with E-state index in [1.165, 1.54) is 12.1 Å². The number of carbonyl (C=O) groups is 1. The number of carbonyl (C=O) groups excluding carboxylic acids is 1. The number of anilines is 1. The molecule has 7 rings (SSSR count). The van der Waals surface area contributed by atoms with Crippen molar-refractivity contribution < 1.29 is 23.0 Å². The summed E-state index contributed by atoms with van der Waals surface area (Å²) in [6.45, 7) is 4.41. The second kappa shape index (κ2) is 11.3. The number of halogens is 2. The number of aliphatic imine (C=N–C) groups is 1. The van der Waals surface area contributed by atoms with Crippen LogP contribution in [-0.2, 0) is 14.3 Å². The van der Waals surface area contributed by atoms with Crippen molar-refractivity contribution >= 4 is 17.3 Å². The van der Waals surface area contributed by atoms with Crippen molar-refractivity contribution in [2.75, 3.05) is 44.7 Å². The molecule has 0 aromatic heterocycles. The zero-order valence-corrected chi connectivity index (χ0v) is 23.0. The normalized spacial score (nSPS) is 24.6. The number of hydrazine groups is 1. The summed E-state index contributed by atoms with van der Waals surface area (Å²) in [5, 5.41) is 6.44. The first-order chi connectivity index (χ1) is 20.6. The van der Waals surface area contributed by atoms with Crippen LogP contribution in [0.2, 0.25) is 0 Å². The Kier molecular flexibility index (Phi) is 7.19. The Hall–Kier alpha value is -4.12. The zero-order valence-electron chi connectivity index (χ0n) is 23.0. The Bertz CT molecular complexity index is 1540. The number of nitrogens with one attached hydrogen (secondary N) is 1. The number of para-hydroxylation sites is 1. The lowest BCUT2D eigenvalue weighted by Crippen LogP contribution is -2.54. The van der Waals surface area contributed by atoms with Gasteiger partial charge in [0, 0.05) is 55.4 Å². The Morgan fingerprint density at radius 1 is 0.905 bits per heavy atom. The third kappa shape index (κ3) is 4.95. The first kappa shape index (κ1) is 26.8. The van der Waals surface area contributed by atoms with Crippen molar-refractivity contribution in [1.82, 2.24) is 14.9 Å². The molecule has 4 aliphatic rings. The van der Waals surface area contributed by atoms with E-state index in [1.807, 2.05) is 41.4 Å². The highest BCUT2D eigenvalue weighted by molar-refractivity contribution is 6.19. The molecule has 2 saturated heterocycles. The predicted molar refractivity (Wildman–Crippen MR) is 153 cm³/mol. The van der Waals surface area contributed by atoms with E-state index in [4.69, 9.17) is 14.5 Å². The predicted octanol–water partition coefficient (Wildman–Crippen LogP) is 4.32. The number of hydrogen-bond acceptors (Lipinski definition) is 7. The summed E-state index contributed by atoms with van der Waals surface area (Å²) in [6.07, 6.45) is 1.36. The molecule has 3 aromatic rings. The molecule has 0 radical (unpaired) electrons. The van der Waals surface area contributed by atoms with Crippen molar-refractivity contribution in [1.29, 1.82) is 0 Å². The van der Waals surface area contributed by atoms with Gasteiger partial charge in [0.1, 0.15) is 17.7 Å². The molecule has 2 unspecified atom stereocenters. The number of hydrogen-bond donors (Lipinski definition) is 1. The second-order valence-electron chi connectivity index (χ2n) is 10.8. The number of ether oxygens (including phenoxy) is 2. The minimum Gasteiger partial charge on any atom is -0.474 e. The number of morpholine rings is 1. The van der Waals surface area contributed by atoms with Crippen molar-refractivity contribution in [3.8, 4) is 0 Å². The highest BCUT2D eigenvalue weighted by atomic mass is 19.1. The van der Waals surface area contributed by atoms with Gasteiger partial charge in [-0.25, -0.2) is 8.78 Å². The van der Waals surface area contributed by atoms with Crippen LogP contribution in [0.3, 0.4) is 0 Å². The van der Waals surface area contributed by atoms with Crippen LogP contribution in [0.1, 0.15) is 29.2 Å². The number of benzodiazepines with no additional fused rings is 1. The summed E-state index contributed by atoms with van der Waals surface area (Å²) in [7, 11) is 0. The summed E-state index contributed by atoms with van der Waals surface area (Å²) in [6, 6.07) is 19.9. The number of rotatable bonds is 5. The van der Waals surface area contributed by atoms with Crippen LogP contribution in [0.5, 0.6) is 0 Å². The van der Waals surface area contributed by atoms with Gasteiger partial charge in [0.25, 0.3) is 5.91 Å². The van der Waals surface area contributed by atoms with Gasteiger partial charge in [-0.1, -0.05) is 60.7 Å². The Morgan fingerprint density at radius 2 is 1.67 bits per heavy atom. The van der Waals surface area contributed by atoms with E-state index in [0.717, 1.165) is 25.2 Å². The van der Waals surface area contributed by atoms with Crippen molar-refractivity contribution in [2.45, 2.75) is 24.7 Å². The van der Waals surface area contributed by atoms with Crippen LogP contribution in [0.25, 0.3) is 0 Å². The molecule has 1 amide bonds. The topological polar surface area (TPSA) is 69.6 Å². The van der Waals surface area contributed by atoms with Crippen LogP contribution in [0.4, 0.5) is 14.5 Å². The molecule has 1 N–H and O–H groups in total. The van der Waals surface area contributed by atoms with Gasteiger partial charge in [0.2, 0.25) is 5.88 Å². The fourth-order valence-corrected chi connectivity index (χ4v) is 6.11. The highest BCUT2D eigenvalue weighted by Crippen LogP contribution is 2.41. The van der Waals surface area contributed by atoms with Gasteiger partial charge in [-0.05, 0) is 12.1 Å². The molecule has 10 heteroatoms. The number of benzene rings is 3. The first-order valence-electron chi connectivity index (χ1n) is 14.3. The lowest BCUT2D eigenvalue weighted by atomic mass is 10.0. The molecule has 8 nitrogen and oxygen atoms in total. The molecule has 216 valence electrons. The second-order valence-corrected chi connectivity index (χ2v) is 10.8. The molecule has 4 heterocycles. The van der Waals surface area contributed by atoms with E-state index >= 15 is 8.78 Å². The monoisotopic (exact) mass is 571 g/mol. The Labute approximate surface area is 242 Å². The lowest BCUT2D eigenvalue weighted by molar-refractivity contribution is -0.143. The third-order valence-corrected chi connectivity index (χ3v) is 8.16. The summed E-state index contributed by atoms with van der Waals surface area (Å²) in [5.41, 5.74) is 2.15. The SMILES string of the molecule is O=C1Nc2c(F)cccc2C(c2ccccc2)=N[C@H]1N1C(c2ccccc2F)C=C2OC(CN3CCOCC3)CCN21. The van der Waals surface area contributed by atoms with Crippen LogP contribution in [0, 0.1) is 11.6 Å². The molecule has 3 aromatic carbocycles. The van der Waals surface area contributed by atoms with Gasteiger partial charge < -0.3 is 14.8 Å². The van der Waals surface area contributed by atoms with Crippen molar-refractivity contribution in [2.24, 2.45) is 4.99 Å². The summed E-state index contributed by atoms with van der Waals surface area (Å²) in [5.74, 6) is -0.906. The molecule has 0 spiro atoms. The fraction of sp³-hybridized carbons (Fsp3) is 0.312. The zero-order chi connectivity index (χ0) is 28.6. The fourth-order valence-electron chi connectivity index (χ4n) is 6.11. The van der Waals surface area contributed by atoms with E-state index in [2.05, 4.69) is 10.2 Å². The number of nitrogens with zero attached hydrogens (tertiary/aromatic N) is 4. The molecule has 0 aliphatic carbocycles. The van der Waals surface area contributed by atoms with Crippen LogP contribution in [0.15, 0.2) is 89.7 Å². The smallest absolute Gasteiger partial charge is 0.265 e. The van der Waals surface area contributed by atoms with Gasteiger partial charge in [0.05, 0.1) is 30.7 Å². The third-order valence-electron chi connectivity index (χ3n) is 8.16. The summed E-state index contributed by atoms with van der Waals surface area (Å²) in [4.78, 5) is 21.2. The molecule has 0 bridgehead atoms. The molecule has 42 heavy (non-hydrogen) atoms. The minimum atomic E-state index is -1.13. The van der Waals surface area contributed by atoms with E-state index in [1.54, 1.807) is 35.3 Å². The maximum Gasteiger partial charge on any atom is 0.265 e. The molecular weight excluding hydrogens is 540 g/mol. The van der Waals surface area contributed by atoms with E-state index in [9.17, 15) is 4.79 Å². The van der Waals surface area contributed by atoms with Gasteiger partial charge in [-0.2, -0.15) is 5.01 Å². The van der Waals surface area contributed by atoms with Crippen LogP contribution in [-0.4, -0.2) is 78.2 Å². The lowest BCUT2D eigenvalue weighted by Gasteiger charge is -2.42. The maximum atomic E-state index is 15.3. The van der Waals surface area contributed by atoms with E-state index < -0.39 is 29.7 Å². The molecular formula is C32H31F2N5O3. The standard InChI is InChI=1S/C32H31F2N5O3/c33-25-11-5-4-9-23(25)27-19-28-38(14-13-22(42-28)20-37-15-17-41-18-16-37)39(27)31-32(40)36-30-24(10-6-12-26(30)34)29(35-31)21-7-2-1-3-8-21/h1-12,19,22,27,31H,13-18,20H2,(H,36,40)/t22?,27?,31-/m0/s1. The van der Waals surface area contributed by atoms with Gasteiger partial charge >= 0.3 is 0 Å². The average Bonchev–Trinajstić information content (AvgIpc) is 3.30. The maximum absolute atomic E-state index is 15.3. The van der Waals surface area contributed by atoms with E-state index in [0.29, 0.717) is 48.9 Å². The summed E-state index contributed by atoms with van der Waals surface area (Å²) < 4.78 is 42.4. The quantitative estimate of drug-likeness (QED) is 0.492. The van der Waals surface area contributed by atoms with Crippen molar-refractivity contribution in [3.63, 3.8) is 0 Å². The Morgan fingerprint density at radius 3 is 2.48 bits per heavy atom. The molecule has 4 aliphatic heterocycles. The van der Waals surface area contributed by atoms with E-state index in [-0.39, 0.29) is 11.8 Å². The first-order valence-corrected chi connectivity index (χ1v) is 14.3. The number of amides is 1. The molecule has 0 saturated carbocycles. The molecule has 2 fully saturated rings. The molecule has 3 atom stereocenters. The van der Waals surface area contributed by atoms with Gasteiger partial charge in [-0.3, -0.25) is 19.7 Å². The summed E-state index contributed by atoms with van der Waals surface area (Å²) >= 11 is 0. The highest BCUT2D eigenvalue weighted by Gasteiger charge is 2.46. The van der Waals surface area contributed by atoms with Crippen molar-refractivity contribution in [3.05, 3.63) is 113 Å².